The van der Waals surface area contributed by atoms with Crippen LogP contribution in [-0.4, -0.2) is 43.0 Å². The summed E-state index contributed by atoms with van der Waals surface area (Å²) in [5.74, 6) is 0. The van der Waals surface area contributed by atoms with Gasteiger partial charge >= 0.3 is 0 Å². The molecule has 2 atom stereocenters. The van der Waals surface area contributed by atoms with Crippen molar-refractivity contribution >= 4 is 0 Å². The molecule has 0 saturated carbocycles. The SMILES string of the molecule is CN(CCO[C@H]1CCCCO1)[C@H]1CCCc2cccnc21. The van der Waals surface area contributed by atoms with E-state index in [1.165, 1.54) is 43.4 Å². The second-order valence-corrected chi connectivity index (χ2v) is 6.10. The fourth-order valence-corrected chi connectivity index (χ4v) is 3.34. The Labute approximate surface area is 127 Å². The van der Waals surface area contributed by atoms with Gasteiger partial charge in [-0.05, 0) is 57.2 Å². The highest BCUT2D eigenvalue weighted by atomic mass is 16.7. The Balaban J connectivity index is 1.50. The maximum atomic E-state index is 5.85. The Morgan fingerprint density at radius 1 is 1.33 bits per heavy atom. The number of aromatic nitrogens is 1. The van der Waals surface area contributed by atoms with Gasteiger partial charge in [0.15, 0.2) is 6.29 Å². The molecule has 4 heteroatoms. The Morgan fingerprint density at radius 3 is 3.14 bits per heavy atom. The van der Waals surface area contributed by atoms with E-state index in [1.54, 1.807) is 0 Å². The summed E-state index contributed by atoms with van der Waals surface area (Å²) in [6, 6.07) is 4.70. The van der Waals surface area contributed by atoms with E-state index in [-0.39, 0.29) is 6.29 Å². The van der Waals surface area contributed by atoms with Gasteiger partial charge in [-0.2, -0.15) is 0 Å². The van der Waals surface area contributed by atoms with Gasteiger partial charge in [-0.25, -0.2) is 0 Å². The van der Waals surface area contributed by atoms with E-state index >= 15 is 0 Å². The second kappa shape index (κ2) is 7.34. The average Bonchev–Trinajstić information content (AvgIpc) is 2.55. The lowest BCUT2D eigenvalue weighted by Crippen LogP contribution is -2.33. The molecule has 3 rings (SSSR count). The van der Waals surface area contributed by atoms with Crippen molar-refractivity contribution in [2.75, 3.05) is 26.8 Å². The standard InChI is InChI=1S/C17H26N2O2/c1-19(11-13-21-16-9-2-3-12-20-16)15-8-4-6-14-7-5-10-18-17(14)15/h5,7,10,15-16H,2-4,6,8-9,11-13H2,1H3/t15-,16-/m0/s1. The molecule has 0 N–H and O–H groups in total. The van der Waals surface area contributed by atoms with Crippen LogP contribution < -0.4 is 0 Å². The van der Waals surface area contributed by atoms with Gasteiger partial charge in [0, 0.05) is 19.3 Å². The van der Waals surface area contributed by atoms with Crippen LogP contribution in [0.1, 0.15) is 49.4 Å². The number of rotatable bonds is 5. The van der Waals surface area contributed by atoms with Gasteiger partial charge in [0.25, 0.3) is 0 Å². The van der Waals surface area contributed by atoms with Crippen LogP contribution in [0.25, 0.3) is 0 Å². The molecule has 1 aromatic rings. The van der Waals surface area contributed by atoms with E-state index in [2.05, 4.69) is 23.0 Å². The lowest BCUT2D eigenvalue weighted by molar-refractivity contribution is -0.164. The van der Waals surface area contributed by atoms with Crippen molar-refractivity contribution in [1.82, 2.24) is 9.88 Å². The molecule has 116 valence electrons. The lowest BCUT2D eigenvalue weighted by Gasteiger charge is -2.32. The number of likely N-dealkylation sites (N-methyl/N-ethyl adjacent to an activating group) is 1. The van der Waals surface area contributed by atoms with Crippen LogP contribution in [0.15, 0.2) is 18.3 Å². The number of nitrogens with zero attached hydrogens (tertiary/aromatic N) is 2. The Hall–Kier alpha value is -0.970. The largest absolute Gasteiger partial charge is 0.353 e. The molecule has 0 aromatic carbocycles. The summed E-state index contributed by atoms with van der Waals surface area (Å²) < 4.78 is 11.5. The molecule has 0 radical (unpaired) electrons. The third kappa shape index (κ3) is 3.82. The van der Waals surface area contributed by atoms with E-state index in [9.17, 15) is 0 Å². The van der Waals surface area contributed by atoms with Crippen LogP contribution in [0, 0.1) is 0 Å². The zero-order valence-corrected chi connectivity index (χ0v) is 13.0. The average molecular weight is 290 g/mol. The minimum absolute atomic E-state index is 0.0175. The minimum atomic E-state index is 0.0175. The van der Waals surface area contributed by atoms with Gasteiger partial charge in [-0.3, -0.25) is 9.88 Å². The Morgan fingerprint density at radius 2 is 2.29 bits per heavy atom. The molecule has 0 unspecified atom stereocenters. The van der Waals surface area contributed by atoms with Gasteiger partial charge in [0.2, 0.25) is 0 Å². The van der Waals surface area contributed by atoms with Gasteiger partial charge in [-0.15, -0.1) is 0 Å². The fourth-order valence-electron chi connectivity index (χ4n) is 3.34. The topological polar surface area (TPSA) is 34.6 Å². The molecule has 1 saturated heterocycles. The molecule has 2 aliphatic rings. The molecule has 0 bridgehead atoms. The molecule has 0 spiro atoms. The van der Waals surface area contributed by atoms with Crippen molar-refractivity contribution < 1.29 is 9.47 Å². The summed E-state index contributed by atoms with van der Waals surface area (Å²) in [5, 5.41) is 0. The van der Waals surface area contributed by atoms with Crippen LogP contribution in [-0.2, 0) is 15.9 Å². The zero-order chi connectivity index (χ0) is 14.5. The van der Waals surface area contributed by atoms with Crippen molar-refractivity contribution in [3.63, 3.8) is 0 Å². The molecule has 2 heterocycles. The maximum absolute atomic E-state index is 5.85. The summed E-state index contributed by atoms with van der Waals surface area (Å²) in [6.07, 6.45) is 8.98. The fraction of sp³-hybridized carbons (Fsp3) is 0.706. The second-order valence-electron chi connectivity index (χ2n) is 6.10. The molecule has 4 nitrogen and oxygen atoms in total. The highest BCUT2D eigenvalue weighted by Crippen LogP contribution is 2.31. The van der Waals surface area contributed by atoms with Crippen LogP contribution >= 0.6 is 0 Å². The highest BCUT2D eigenvalue weighted by molar-refractivity contribution is 5.25. The normalized spacial score (nSPS) is 25.8. The first-order valence-corrected chi connectivity index (χ1v) is 8.22. The molecule has 1 aliphatic carbocycles. The number of fused-ring (bicyclic) bond motifs is 1. The van der Waals surface area contributed by atoms with E-state index in [0.717, 1.165) is 26.2 Å². The van der Waals surface area contributed by atoms with Crippen LogP contribution in [0.4, 0.5) is 0 Å². The summed E-state index contributed by atoms with van der Waals surface area (Å²) in [5.41, 5.74) is 2.68. The number of aryl methyl sites for hydroxylation is 1. The highest BCUT2D eigenvalue weighted by Gasteiger charge is 2.24. The third-order valence-corrected chi connectivity index (χ3v) is 4.58. The molecular formula is C17H26N2O2. The number of ether oxygens (including phenoxy) is 2. The van der Waals surface area contributed by atoms with Crippen LogP contribution in [0.2, 0.25) is 0 Å². The van der Waals surface area contributed by atoms with Crippen molar-refractivity contribution in [1.29, 1.82) is 0 Å². The molecule has 1 aliphatic heterocycles. The van der Waals surface area contributed by atoms with Crippen LogP contribution in [0.5, 0.6) is 0 Å². The van der Waals surface area contributed by atoms with Gasteiger partial charge in [-0.1, -0.05) is 6.07 Å². The van der Waals surface area contributed by atoms with Crippen molar-refractivity contribution in [3.05, 3.63) is 29.6 Å². The van der Waals surface area contributed by atoms with Crippen LogP contribution in [0.3, 0.4) is 0 Å². The molecular weight excluding hydrogens is 264 g/mol. The summed E-state index contributed by atoms with van der Waals surface area (Å²) in [4.78, 5) is 7.00. The first-order chi connectivity index (χ1) is 10.3. The smallest absolute Gasteiger partial charge is 0.157 e. The monoisotopic (exact) mass is 290 g/mol. The predicted octanol–water partition coefficient (Wildman–Crippen LogP) is 2.93. The molecule has 21 heavy (non-hydrogen) atoms. The first kappa shape index (κ1) is 14.9. The summed E-state index contributed by atoms with van der Waals surface area (Å²) in [7, 11) is 2.18. The van der Waals surface area contributed by atoms with E-state index in [1.807, 2.05) is 12.3 Å². The molecule has 1 aromatic heterocycles. The van der Waals surface area contributed by atoms with E-state index in [0.29, 0.717) is 6.04 Å². The number of hydrogen-bond donors (Lipinski definition) is 0. The van der Waals surface area contributed by atoms with Gasteiger partial charge < -0.3 is 9.47 Å². The van der Waals surface area contributed by atoms with Crippen molar-refractivity contribution in [3.8, 4) is 0 Å². The molecule has 1 fully saturated rings. The summed E-state index contributed by atoms with van der Waals surface area (Å²) in [6.45, 7) is 2.51. The van der Waals surface area contributed by atoms with Crippen molar-refractivity contribution in [2.24, 2.45) is 0 Å². The molecule has 0 amide bonds. The van der Waals surface area contributed by atoms with E-state index < -0.39 is 0 Å². The van der Waals surface area contributed by atoms with Gasteiger partial charge in [0.05, 0.1) is 18.3 Å². The predicted molar refractivity (Wildman–Crippen MR) is 82.1 cm³/mol. The first-order valence-electron chi connectivity index (χ1n) is 8.22. The zero-order valence-electron chi connectivity index (χ0n) is 13.0. The third-order valence-electron chi connectivity index (χ3n) is 4.58. The Bertz CT molecular complexity index is 446. The number of hydrogen-bond acceptors (Lipinski definition) is 4. The van der Waals surface area contributed by atoms with Crippen molar-refractivity contribution in [2.45, 2.75) is 50.9 Å². The van der Waals surface area contributed by atoms with E-state index in [4.69, 9.17) is 9.47 Å². The maximum Gasteiger partial charge on any atom is 0.157 e. The summed E-state index contributed by atoms with van der Waals surface area (Å²) >= 11 is 0. The lowest BCUT2D eigenvalue weighted by atomic mass is 9.91. The minimum Gasteiger partial charge on any atom is -0.353 e. The van der Waals surface area contributed by atoms with Gasteiger partial charge in [0.1, 0.15) is 0 Å². The quantitative estimate of drug-likeness (QED) is 0.835. The number of pyridine rings is 1. The Kier molecular flexibility index (Phi) is 5.22.